The van der Waals surface area contributed by atoms with Gasteiger partial charge in [-0.15, -0.1) is 0 Å². The third-order valence-corrected chi connectivity index (χ3v) is 1.34. The Labute approximate surface area is 53.7 Å². The van der Waals surface area contributed by atoms with Crippen LogP contribution < -0.4 is 5.48 Å². The quantitative estimate of drug-likeness (QED) is 0.494. The van der Waals surface area contributed by atoms with Crippen molar-refractivity contribution in [2.24, 2.45) is 0 Å². The Morgan fingerprint density at radius 2 is 2.44 bits per heavy atom. The summed E-state index contributed by atoms with van der Waals surface area (Å²) in [5.41, 5.74) is 2.27. The zero-order valence-electron chi connectivity index (χ0n) is 5.55. The summed E-state index contributed by atoms with van der Waals surface area (Å²) in [6.07, 6.45) is 0. The van der Waals surface area contributed by atoms with Gasteiger partial charge < -0.3 is 0 Å². The van der Waals surface area contributed by atoms with Crippen molar-refractivity contribution in [1.29, 1.82) is 0 Å². The normalized spacial score (nSPS) is 27.0. The lowest BCUT2D eigenvalue weighted by Crippen LogP contribution is -2.36. The van der Waals surface area contributed by atoms with Gasteiger partial charge in [-0.25, -0.2) is 5.48 Å². The summed E-state index contributed by atoms with van der Waals surface area (Å²) in [5.74, 6) is -0.0556. The van der Waals surface area contributed by atoms with Gasteiger partial charge in [-0.1, -0.05) is 0 Å². The van der Waals surface area contributed by atoms with Crippen LogP contribution in [0.15, 0.2) is 0 Å². The summed E-state index contributed by atoms with van der Waals surface area (Å²) in [6.45, 7) is 0.450. The van der Waals surface area contributed by atoms with Crippen molar-refractivity contribution in [2.75, 3.05) is 20.7 Å². The molecule has 1 rings (SSSR count). The van der Waals surface area contributed by atoms with E-state index in [9.17, 15) is 4.79 Å². The molecule has 4 heteroatoms. The van der Waals surface area contributed by atoms with Gasteiger partial charge in [-0.3, -0.25) is 14.5 Å². The van der Waals surface area contributed by atoms with Crippen molar-refractivity contribution in [3.05, 3.63) is 0 Å². The Morgan fingerprint density at radius 3 is 2.67 bits per heavy atom. The second-order valence-electron chi connectivity index (χ2n) is 2.26. The summed E-state index contributed by atoms with van der Waals surface area (Å²) in [4.78, 5) is 17.2. The monoisotopic (exact) mass is 130 g/mol. The summed E-state index contributed by atoms with van der Waals surface area (Å²) < 4.78 is 0. The lowest BCUT2D eigenvalue weighted by atomic mass is 10.3. The predicted octanol–water partition coefficient (Wildman–Crippen LogP) is -1.02. The third-order valence-electron chi connectivity index (χ3n) is 1.34. The average Bonchev–Trinajstić information content (AvgIpc) is 2.13. The van der Waals surface area contributed by atoms with Crippen LogP contribution in [0.1, 0.15) is 0 Å². The minimum atomic E-state index is -0.106. The van der Waals surface area contributed by atoms with E-state index in [0.29, 0.717) is 6.61 Å². The number of nitrogens with zero attached hydrogens (tertiary/aromatic N) is 1. The van der Waals surface area contributed by atoms with Crippen molar-refractivity contribution >= 4 is 5.91 Å². The molecule has 1 heterocycles. The molecule has 0 radical (unpaired) electrons. The fourth-order valence-electron chi connectivity index (χ4n) is 0.719. The van der Waals surface area contributed by atoms with Crippen LogP contribution in [-0.4, -0.2) is 37.6 Å². The first kappa shape index (κ1) is 6.51. The van der Waals surface area contributed by atoms with E-state index in [4.69, 9.17) is 0 Å². The van der Waals surface area contributed by atoms with Crippen molar-refractivity contribution in [3.63, 3.8) is 0 Å². The Morgan fingerprint density at radius 1 is 1.78 bits per heavy atom. The molecule has 0 aromatic heterocycles. The van der Waals surface area contributed by atoms with E-state index in [0.717, 1.165) is 0 Å². The van der Waals surface area contributed by atoms with Crippen LogP contribution in [0.25, 0.3) is 0 Å². The summed E-state index contributed by atoms with van der Waals surface area (Å²) in [5, 5.41) is 0. The molecule has 1 aliphatic heterocycles. The number of hydroxylamine groups is 1. The molecule has 0 aromatic rings. The SMILES string of the molecule is CN(C)C1CONC1=O. The lowest BCUT2D eigenvalue weighted by Gasteiger charge is -2.12. The van der Waals surface area contributed by atoms with Crippen LogP contribution in [0.3, 0.4) is 0 Å². The lowest BCUT2D eigenvalue weighted by molar-refractivity contribution is -0.126. The Bertz CT molecular complexity index is 124. The summed E-state index contributed by atoms with van der Waals surface area (Å²) in [7, 11) is 3.69. The number of likely N-dealkylation sites (N-methyl/N-ethyl adjacent to an activating group) is 1. The zero-order valence-corrected chi connectivity index (χ0v) is 5.55. The molecule has 0 spiro atoms. The molecule has 1 N–H and O–H groups in total. The van der Waals surface area contributed by atoms with Crippen LogP contribution in [-0.2, 0) is 9.63 Å². The Balaban J connectivity index is 2.49. The van der Waals surface area contributed by atoms with E-state index in [1.54, 1.807) is 0 Å². The van der Waals surface area contributed by atoms with Gasteiger partial charge in [0.2, 0.25) is 0 Å². The molecule has 9 heavy (non-hydrogen) atoms. The molecular formula is C5H10N2O2. The van der Waals surface area contributed by atoms with Gasteiger partial charge in [0.1, 0.15) is 6.04 Å². The van der Waals surface area contributed by atoms with Gasteiger partial charge in [-0.2, -0.15) is 0 Å². The van der Waals surface area contributed by atoms with E-state index in [2.05, 4.69) is 10.3 Å². The first-order valence-electron chi connectivity index (χ1n) is 2.80. The second-order valence-corrected chi connectivity index (χ2v) is 2.26. The van der Waals surface area contributed by atoms with E-state index in [-0.39, 0.29) is 11.9 Å². The number of rotatable bonds is 1. The van der Waals surface area contributed by atoms with Crippen molar-refractivity contribution in [2.45, 2.75) is 6.04 Å². The third kappa shape index (κ3) is 1.20. The fraction of sp³-hybridized carbons (Fsp3) is 0.800. The Kier molecular flexibility index (Phi) is 1.68. The molecule has 1 saturated heterocycles. The average molecular weight is 130 g/mol. The van der Waals surface area contributed by atoms with Crippen molar-refractivity contribution in [3.8, 4) is 0 Å². The maximum Gasteiger partial charge on any atom is 0.263 e. The molecule has 1 aliphatic rings. The van der Waals surface area contributed by atoms with E-state index in [1.165, 1.54) is 0 Å². The van der Waals surface area contributed by atoms with Gasteiger partial charge in [0.05, 0.1) is 6.61 Å². The number of carbonyl (C=O) groups excluding carboxylic acids is 1. The summed E-state index contributed by atoms with van der Waals surface area (Å²) in [6, 6.07) is -0.106. The van der Waals surface area contributed by atoms with Gasteiger partial charge in [0.25, 0.3) is 5.91 Å². The molecule has 4 nitrogen and oxygen atoms in total. The number of hydrogen-bond acceptors (Lipinski definition) is 3. The first-order chi connectivity index (χ1) is 4.22. The number of carbonyl (C=O) groups is 1. The molecule has 1 amide bonds. The molecule has 1 unspecified atom stereocenters. The number of nitrogens with one attached hydrogen (secondary N) is 1. The molecule has 52 valence electrons. The van der Waals surface area contributed by atoms with Gasteiger partial charge >= 0.3 is 0 Å². The van der Waals surface area contributed by atoms with E-state index < -0.39 is 0 Å². The smallest absolute Gasteiger partial charge is 0.263 e. The first-order valence-corrected chi connectivity index (χ1v) is 2.80. The fourth-order valence-corrected chi connectivity index (χ4v) is 0.719. The van der Waals surface area contributed by atoms with Crippen molar-refractivity contribution in [1.82, 2.24) is 10.4 Å². The van der Waals surface area contributed by atoms with Gasteiger partial charge in [0, 0.05) is 0 Å². The molecular weight excluding hydrogens is 120 g/mol. The maximum absolute atomic E-state index is 10.7. The molecule has 0 aromatic carbocycles. The van der Waals surface area contributed by atoms with E-state index in [1.807, 2.05) is 19.0 Å². The van der Waals surface area contributed by atoms with Crippen LogP contribution in [0.5, 0.6) is 0 Å². The second kappa shape index (κ2) is 2.33. The maximum atomic E-state index is 10.7. The largest absolute Gasteiger partial charge is 0.296 e. The summed E-state index contributed by atoms with van der Waals surface area (Å²) >= 11 is 0. The van der Waals surface area contributed by atoms with Crippen LogP contribution in [0.2, 0.25) is 0 Å². The van der Waals surface area contributed by atoms with Gasteiger partial charge in [-0.05, 0) is 14.1 Å². The highest BCUT2D eigenvalue weighted by Gasteiger charge is 2.26. The molecule has 1 atom stereocenters. The molecule has 1 fully saturated rings. The molecule has 0 aliphatic carbocycles. The molecule has 0 bridgehead atoms. The standard InChI is InChI=1S/C5H10N2O2/c1-7(2)4-3-9-6-5(4)8/h4H,3H2,1-2H3,(H,6,8). The Hall–Kier alpha value is -0.610. The molecule has 0 saturated carbocycles. The van der Waals surface area contributed by atoms with Gasteiger partial charge in [0.15, 0.2) is 0 Å². The topological polar surface area (TPSA) is 41.6 Å². The number of amides is 1. The van der Waals surface area contributed by atoms with Crippen LogP contribution >= 0.6 is 0 Å². The highest BCUT2D eigenvalue weighted by Crippen LogP contribution is 1.99. The highest BCUT2D eigenvalue weighted by molar-refractivity contribution is 5.82. The number of hydrogen-bond donors (Lipinski definition) is 1. The van der Waals surface area contributed by atoms with E-state index >= 15 is 0 Å². The highest BCUT2D eigenvalue weighted by atomic mass is 16.7. The predicted molar refractivity (Wildman–Crippen MR) is 31.6 cm³/mol. The van der Waals surface area contributed by atoms with Crippen molar-refractivity contribution < 1.29 is 9.63 Å². The van der Waals surface area contributed by atoms with Crippen LogP contribution in [0, 0.1) is 0 Å². The van der Waals surface area contributed by atoms with Crippen LogP contribution in [0.4, 0.5) is 0 Å². The zero-order chi connectivity index (χ0) is 6.85. The minimum Gasteiger partial charge on any atom is -0.296 e. The minimum absolute atomic E-state index is 0.0556.